The van der Waals surface area contributed by atoms with Crippen molar-refractivity contribution in [2.45, 2.75) is 31.3 Å². The largest absolute Gasteiger partial charge is 0.476 e. The lowest BCUT2D eigenvalue weighted by molar-refractivity contribution is -0.116. The highest BCUT2D eigenvalue weighted by molar-refractivity contribution is 5.90. The van der Waals surface area contributed by atoms with E-state index in [2.05, 4.69) is 26.6 Å². The number of aromatic carboxylic acids is 1. The van der Waals surface area contributed by atoms with Crippen LogP contribution in [0.3, 0.4) is 0 Å². The first kappa shape index (κ1) is 18.3. The number of carbonyl (C=O) groups excluding carboxylic acids is 1. The van der Waals surface area contributed by atoms with Crippen molar-refractivity contribution in [3.63, 3.8) is 0 Å². The lowest BCUT2D eigenvalue weighted by Gasteiger charge is -2.10. The summed E-state index contributed by atoms with van der Waals surface area (Å²) in [6.45, 7) is 0. The smallest absolute Gasteiger partial charge is 0.356 e. The van der Waals surface area contributed by atoms with Crippen LogP contribution in [0.5, 0.6) is 0 Å². The Kier molecular flexibility index (Phi) is 4.98. The molecule has 0 spiro atoms. The van der Waals surface area contributed by atoms with Gasteiger partial charge in [0.15, 0.2) is 17.2 Å². The van der Waals surface area contributed by atoms with Gasteiger partial charge >= 0.3 is 5.97 Å². The molecule has 0 aliphatic carbocycles. The molecule has 0 saturated heterocycles. The van der Waals surface area contributed by atoms with Gasteiger partial charge in [0.1, 0.15) is 5.69 Å². The van der Waals surface area contributed by atoms with Crippen molar-refractivity contribution in [3.8, 4) is 18.0 Å². The lowest BCUT2D eigenvalue weighted by atomic mass is 10.0. The number of carboxylic acid groups (broad SMARTS) is 1. The lowest BCUT2D eigenvalue weighted by Crippen LogP contribution is -2.17. The third kappa shape index (κ3) is 4.36. The number of terminal acetylenes is 1. The molecule has 0 unspecified atom stereocenters. The normalized spacial score (nSPS) is 13.8. The Morgan fingerprint density at radius 3 is 2.67 bits per heavy atom. The highest BCUT2D eigenvalue weighted by Gasteiger charge is 2.39. The van der Waals surface area contributed by atoms with Gasteiger partial charge in [0, 0.05) is 37.6 Å². The van der Waals surface area contributed by atoms with Crippen LogP contribution in [0.1, 0.15) is 36.2 Å². The number of nitrogens with zero attached hydrogens (tertiary/aromatic N) is 4. The van der Waals surface area contributed by atoms with E-state index >= 15 is 0 Å². The van der Waals surface area contributed by atoms with E-state index in [9.17, 15) is 14.0 Å². The number of amides is 1. The van der Waals surface area contributed by atoms with Crippen molar-refractivity contribution >= 4 is 17.6 Å². The molecule has 1 amide bonds. The van der Waals surface area contributed by atoms with Gasteiger partial charge in [-0.3, -0.25) is 4.79 Å². The summed E-state index contributed by atoms with van der Waals surface area (Å²) >= 11 is 0. The molecule has 2 heterocycles. The molecule has 0 bridgehead atoms. The molecule has 1 aromatic carbocycles. The maximum atomic E-state index is 14.3. The summed E-state index contributed by atoms with van der Waals surface area (Å²) in [7, 11) is 0. The number of carbonyl (C=O) groups is 2. The molecule has 8 nitrogen and oxygen atoms in total. The van der Waals surface area contributed by atoms with Gasteiger partial charge in [-0.2, -0.15) is 15.3 Å². The van der Waals surface area contributed by atoms with E-state index in [1.165, 1.54) is 24.4 Å². The maximum Gasteiger partial charge on any atom is 0.356 e. The minimum Gasteiger partial charge on any atom is -0.476 e. The number of aromatic nitrogens is 2. The van der Waals surface area contributed by atoms with Crippen molar-refractivity contribution in [2.75, 3.05) is 5.32 Å². The van der Waals surface area contributed by atoms with E-state index in [4.69, 9.17) is 11.5 Å². The predicted molar refractivity (Wildman–Crippen MR) is 94.0 cm³/mol. The highest BCUT2D eigenvalue weighted by atomic mass is 19.1. The minimum absolute atomic E-state index is 0.0734. The van der Waals surface area contributed by atoms with E-state index < -0.39 is 17.4 Å². The number of halogens is 1. The van der Waals surface area contributed by atoms with Gasteiger partial charge in [-0.05, 0) is 24.3 Å². The summed E-state index contributed by atoms with van der Waals surface area (Å²) in [6.07, 6.45) is 8.36. The topological polar surface area (TPSA) is 109 Å². The van der Waals surface area contributed by atoms with Crippen LogP contribution in [0.4, 0.5) is 10.1 Å². The van der Waals surface area contributed by atoms with Crippen molar-refractivity contribution < 1.29 is 19.1 Å². The van der Waals surface area contributed by atoms with E-state index in [-0.39, 0.29) is 29.4 Å². The van der Waals surface area contributed by atoms with Crippen molar-refractivity contribution in [1.82, 2.24) is 9.78 Å². The molecule has 1 aliphatic heterocycles. The zero-order valence-electron chi connectivity index (χ0n) is 14.2. The van der Waals surface area contributed by atoms with Gasteiger partial charge in [-0.1, -0.05) is 0 Å². The molecule has 138 valence electrons. The van der Waals surface area contributed by atoms with Crippen molar-refractivity contribution in [2.24, 2.45) is 10.2 Å². The molecule has 0 atom stereocenters. The number of hydrogen-bond donors (Lipinski definition) is 2. The van der Waals surface area contributed by atoms with Crippen molar-refractivity contribution in [1.29, 1.82) is 0 Å². The third-order valence-electron chi connectivity index (χ3n) is 4.09. The van der Waals surface area contributed by atoms with Gasteiger partial charge in [0.2, 0.25) is 5.91 Å². The number of rotatable bonds is 8. The molecular weight excluding hydrogens is 353 g/mol. The number of nitrogens with one attached hydrogen (secondary N) is 1. The summed E-state index contributed by atoms with van der Waals surface area (Å²) < 4.78 is 15.4. The minimum atomic E-state index is -1.20. The SMILES string of the molecule is C#CCCC1(CCC(=O)Nc2ccc(-n3ccc(C(=O)O)n3)c(F)c2)N=N1. The zero-order chi connectivity index (χ0) is 19.4. The van der Waals surface area contributed by atoms with Crippen LogP contribution in [0.2, 0.25) is 0 Å². The van der Waals surface area contributed by atoms with Crippen LogP contribution < -0.4 is 5.32 Å². The first-order chi connectivity index (χ1) is 12.9. The molecular formula is C18H16FN5O3. The Hall–Kier alpha value is -3.54. The first-order valence-electron chi connectivity index (χ1n) is 8.19. The van der Waals surface area contributed by atoms with Gasteiger partial charge in [-0.25, -0.2) is 13.9 Å². The van der Waals surface area contributed by atoms with Crippen LogP contribution in [0.25, 0.3) is 5.69 Å². The zero-order valence-corrected chi connectivity index (χ0v) is 14.2. The second-order valence-electron chi connectivity index (χ2n) is 6.05. The maximum absolute atomic E-state index is 14.3. The van der Waals surface area contributed by atoms with Gasteiger partial charge in [0.05, 0.1) is 0 Å². The summed E-state index contributed by atoms with van der Waals surface area (Å²) in [5.74, 6) is 0.387. The molecule has 1 aliphatic rings. The molecule has 2 N–H and O–H groups in total. The van der Waals surface area contributed by atoms with E-state index in [0.29, 0.717) is 19.3 Å². The Morgan fingerprint density at radius 1 is 1.30 bits per heavy atom. The monoisotopic (exact) mass is 369 g/mol. The van der Waals surface area contributed by atoms with E-state index in [1.807, 2.05) is 0 Å². The Bertz CT molecular complexity index is 954. The molecule has 0 radical (unpaired) electrons. The molecule has 3 rings (SSSR count). The number of carboxylic acids is 1. The molecule has 1 aromatic heterocycles. The van der Waals surface area contributed by atoms with Gasteiger partial charge in [0.25, 0.3) is 0 Å². The summed E-state index contributed by atoms with van der Waals surface area (Å²) in [6, 6.07) is 5.33. The van der Waals surface area contributed by atoms with Gasteiger partial charge in [-0.15, -0.1) is 12.3 Å². The number of benzene rings is 1. The molecule has 27 heavy (non-hydrogen) atoms. The van der Waals surface area contributed by atoms with E-state index in [0.717, 1.165) is 10.7 Å². The van der Waals surface area contributed by atoms with Crippen LogP contribution in [-0.4, -0.2) is 32.4 Å². The van der Waals surface area contributed by atoms with Gasteiger partial charge < -0.3 is 10.4 Å². The highest BCUT2D eigenvalue weighted by Crippen LogP contribution is 2.37. The fraction of sp³-hybridized carbons (Fsp3) is 0.278. The Balaban J connectivity index is 1.59. The molecule has 0 fully saturated rings. The second-order valence-corrected chi connectivity index (χ2v) is 6.05. The summed E-state index contributed by atoms with van der Waals surface area (Å²) in [5, 5.41) is 23.2. The Morgan fingerprint density at radius 2 is 2.07 bits per heavy atom. The van der Waals surface area contributed by atoms with Crippen LogP contribution in [0.15, 0.2) is 40.7 Å². The average molecular weight is 369 g/mol. The fourth-order valence-electron chi connectivity index (χ4n) is 2.55. The number of anilines is 1. The quantitative estimate of drug-likeness (QED) is 0.697. The predicted octanol–water partition coefficient (Wildman–Crippen LogP) is 3.00. The van der Waals surface area contributed by atoms with Crippen LogP contribution in [-0.2, 0) is 4.79 Å². The number of hydrogen-bond acceptors (Lipinski definition) is 5. The van der Waals surface area contributed by atoms with E-state index in [1.54, 1.807) is 0 Å². The van der Waals surface area contributed by atoms with Crippen molar-refractivity contribution in [3.05, 3.63) is 42.0 Å². The average Bonchev–Trinajstić information content (AvgIpc) is 3.23. The Labute approximate surface area is 154 Å². The fourth-order valence-corrected chi connectivity index (χ4v) is 2.55. The summed E-state index contributed by atoms with van der Waals surface area (Å²) in [4.78, 5) is 22.9. The van der Waals surface area contributed by atoms with Crippen LogP contribution >= 0.6 is 0 Å². The standard InChI is InChI=1S/C18H16FN5O3/c1-2-3-8-18(22-23-18)9-6-16(25)20-12-4-5-15(13(19)11-12)24-10-7-14(21-24)17(26)27/h1,4-5,7,10-11H,3,6,8-9H2,(H,20,25)(H,26,27). The third-order valence-corrected chi connectivity index (χ3v) is 4.09. The first-order valence-corrected chi connectivity index (χ1v) is 8.19. The summed E-state index contributed by atoms with van der Waals surface area (Å²) in [5.41, 5.74) is -0.374. The van der Waals surface area contributed by atoms with Crippen LogP contribution in [0, 0.1) is 18.2 Å². The molecule has 2 aromatic rings. The molecule has 9 heteroatoms. The second kappa shape index (κ2) is 7.37. The molecule has 0 saturated carbocycles.